The molecule has 2 aromatic carbocycles. The predicted octanol–water partition coefficient (Wildman–Crippen LogP) is 3.65. The first kappa shape index (κ1) is 15.1. The van der Waals surface area contributed by atoms with Crippen LogP contribution in [0.4, 0.5) is 15.8 Å². The Morgan fingerprint density at radius 2 is 1.86 bits per heavy atom. The first-order valence-electron chi connectivity index (χ1n) is 6.18. The minimum Gasteiger partial charge on any atom is -0.497 e. The molecule has 0 amide bonds. The minimum atomic E-state index is -0.332. The lowest BCUT2D eigenvalue weighted by atomic mass is 10.2. The van der Waals surface area contributed by atoms with Crippen molar-refractivity contribution in [2.24, 2.45) is 0 Å². The van der Waals surface area contributed by atoms with E-state index in [1.807, 2.05) is 0 Å². The van der Waals surface area contributed by atoms with E-state index < -0.39 is 0 Å². The summed E-state index contributed by atoms with van der Waals surface area (Å²) in [6.45, 7) is 0. The number of nitrogens with one attached hydrogen (secondary N) is 2. The topological polar surface area (TPSA) is 42.5 Å². The quantitative estimate of drug-likeness (QED) is 0.844. The second-order valence-electron chi connectivity index (χ2n) is 4.16. The number of hydrogen-bond acceptors (Lipinski definition) is 3. The van der Waals surface area contributed by atoms with Crippen LogP contribution in [0.5, 0.6) is 11.5 Å². The van der Waals surface area contributed by atoms with Gasteiger partial charge in [0.05, 0.1) is 19.9 Å². The maximum Gasteiger partial charge on any atom is 0.175 e. The molecule has 4 nitrogen and oxygen atoms in total. The zero-order valence-electron chi connectivity index (χ0n) is 11.6. The van der Waals surface area contributed by atoms with Crippen molar-refractivity contribution in [3.05, 3.63) is 48.3 Å². The molecule has 2 N–H and O–H groups in total. The Morgan fingerprint density at radius 1 is 1.05 bits per heavy atom. The SMILES string of the molecule is COc1ccc(OC)c(NC(=S)Nc2cccc(F)c2)c1. The fourth-order valence-electron chi connectivity index (χ4n) is 1.76. The molecule has 0 fully saturated rings. The maximum atomic E-state index is 13.1. The van der Waals surface area contributed by atoms with Crippen LogP contribution in [0.2, 0.25) is 0 Å². The van der Waals surface area contributed by atoms with Crippen LogP contribution in [0.25, 0.3) is 0 Å². The molecule has 2 rings (SSSR count). The van der Waals surface area contributed by atoms with Gasteiger partial charge in [-0.2, -0.15) is 0 Å². The number of hydrogen-bond donors (Lipinski definition) is 2. The highest BCUT2D eigenvalue weighted by Crippen LogP contribution is 2.29. The lowest BCUT2D eigenvalue weighted by molar-refractivity contribution is 0.405. The fraction of sp³-hybridized carbons (Fsp3) is 0.133. The summed E-state index contributed by atoms with van der Waals surface area (Å²) in [6, 6.07) is 11.4. The normalized spacial score (nSPS) is 9.86. The molecule has 0 aromatic heterocycles. The van der Waals surface area contributed by atoms with Crippen molar-refractivity contribution in [3.8, 4) is 11.5 Å². The van der Waals surface area contributed by atoms with Crippen LogP contribution >= 0.6 is 12.2 Å². The summed E-state index contributed by atoms with van der Waals surface area (Å²) in [6.07, 6.45) is 0. The molecule has 0 heterocycles. The summed E-state index contributed by atoms with van der Waals surface area (Å²) in [5.74, 6) is 0.966. The summed E-state index contributed by atoms with van der Waals surface area (Å²) < 4.78 is 23.5. The standard InChI is InChI=1S/C15H15FN2O2S/c1-19-12-6-7-14(20-2)13(9-12)18-15(21)17-11-5-3-4-10(16)8-11/h3-9H,1-2H3,(H2,17,18,21). The number of benzene rings is 2. The highest BCUT2D eigenvalue weighted by atomic mass is 32.1. The van der Waals surface area contributed by atoms with Crippen molar-refractivity contribution >= 4 is 28.7 Å². The number of halogens is 1. The van der Waals surface area contributed by atoms with Crippen molar-refractivity contribution in [1.82, 2.24) is 0 Å². The van der Waals surface area contributed by atoms with Crippen LogP contribution in [0, 0.1) is 5.82 Å². The van der Waals surface area contributed by atoms with E-state index >= 15 is 0 Å². The highest BCUT2D eigenvalue weighted by molar-refractivity contribution is 7.80. The molecule has 0 saturated heterocycles. The number of thiocarbonyl (C=S) groups is 1. The third-order valence-electron chi connectivity index (χ3n) is 2.74. The molecular formula is C15H15FN2O2S. The van der Waals surface area contributed by atoms with Gasteiger partial charge in [-0.1, -0.05) is 6.07 Å². The van der Waals surface area contributed by atoms with Crippen molar-refractivity contribution in [2.75, 3.05) is 24.9 Å². The largest absolute Gasteiger partial charge is 0.497 e. The first-order valence-corrected chi connectivity index (χ1v) is 6.59. The molecule has 0 aliphatic rings. The third kappa shape index (κ3) is 4.06. The van der Waals surface area contributed by atoms with E-state index in [0.29, 0.717) is 28.0 Å². The summed E-state index contributed by atoms with van der Waals surface area (Å²) >= 11 is 5.21. The smallest absolute Gasteiger partial charge is 0.175 e. The van der Waals surface area contributed by atoms with E-state index in [2.05, 4.69) is 10.6 Å². The Kier molecular flexibility index (Phi) is 4.94. The monoisotopic (exact) mass is 306 g/mol. The predicted molar refractivity (Wildman–Crippen MR) is 85.8 cm³/mol. The molecule has 21 heavy (non-hydrogen) atoms. The van der Waals surface area contributed by atoms with Gasteiger partial charge in [-0.15, -0.1) is 0 Å². The van der Waals surface area contributed by atoms with Gasteiger partial charge >= 0.3 is 0 Å². The molecule has 0 aliphatic heterocycles. The van der Waals surface area contributed by atoms with Crippen molar-refractivity contribution in [3.63, 3.8) is 0 Å². The van der Waals surface area contributed by atoms with E-state index in [1.54, 1.807) is 44.6 Å². The summed E-state index contributed by atoms with van der Waals surface area (Å²) in [4.78, 5) is 0. The average molecular weight is 306 g/mol. The van der Waals surface area contributed by atoms with Crippen LogP contribution in [0.1, 0.15) is 0 Å². The number of rotatable bonds is 4. The molecule has 0 atom stereocenters. The van der Waals surface area contributed by atoms with E-state index in [-0.39, 0.29) is 5.82 Å². The summed E-state index contributed by atoms with van der Waals surface area (Å²) in [7, 11) is 3.14. The van der Waals surface area contributed by atoms with Gasteiger partial charge in [0.2, 0.25) is 0 Å². The Balaban J connectivity index is 2.12. The second kappa shape index (κ2) is 6.90. The molecule has 0 aliphatic carbocycles. The zero-order chi connectivity index (χ0) is 15.2. The summed E-state index contributed by atoms with van der Waals surface area (Å²) in [5.41, 5.74) is 1.22. The van der Waals surface area contributed by atoms with Crippen LogP contribution in [-0.4, -0.2) is 19.3 Å². The lowest BCUT2D eigenvalue weighted by Crippen LogP contribution is -2.19. The Hall–Kier alpha value is -2.34. The Bertz CT molecular complexity index is 649. The highest BCUT2D eigenvalue weighted by Gasteiger charge is 2.07. The van der Waals surface area contributed by atoms with Gasteiger partial charge in [0.1, 0.15) is 17.3 Å². The molecule has 0 unspecified atom stereocenters. The van der Waals surface area contributed by atoms with Gasteiger partial charge < -0.3 is 20.1 Å². The van der Waals surface area contributed by atoms with E-state index in [1.165, 1.54) is 12.1 Å². The third-order valence-corrected chi connectivity index (χ3v) is 2.94. The molecule has 110 valence electrons. The zero-order valence-corrected chi connectivity index (χ0v) is 12.5. The summed E-state index contributed by atoms with van der Waals surface area (Å²) in [5, 5.41) is 6.23. The number of anilines is 2. The van der Waals surface area contributed by atoms with Gasteiger partial charge in [-0.3, -0.25) is 0 Å². The molecular weight excluding hydrogens is 291 g/mol. The molecule has 2 aromatic rings. The van der Waals surface area contributed by atoms with Gasteiger partial charge in [-0.05, 0) is 42.5 Å². The van der Waals surface area contributed by atoms with Gasteiger partial charge in [0.15, 0.2) is 5.11 Å². The van der Waals surface area contributed by atoms with E-state index in [0.717, 1.165) is 0 Å². The molecule has 0 saturated carbocycles. The minimum absolute atomic E-state index is 0.326. The molecule has 6 heteroatoms. The first-order chi connectivity index (χ1) is 10.1. The van der Waals surface area contributed by atoms with Crippen LogP contribution in [0.3, 0.4) is 0 Å². The molecule has 0 radical (unpaired) electrons. The van der Waals surface area contributed by atoms with E-state index in [4.69, 9.17) is 21.7 Å². The van der Waals surface area contributed by atoms with Crippen molar-refractivity contribution in [2.45, 2.75) is 0 Å². The maximum absolute atomic E-state index is 13.1. The molecule has 0 spiro atoms. The molecule has 0 bridgehead atoms. The van der Waals surface area contributed by atoms with Crippen LogP contribution in [-0.2, 0) is 0 Å². The van der Waals surface area contributed by atoms with Gasteiger partial charge in [0.25, 0.3) is 0 Å². The lowest BCUT2D eigenvalue weighted by Gasteiger charge is -2.14. The number of ether oxygens (including phenoxy) is 2. The van der Waals surface area contributed by atoms with Crippen LogP contribution in [0.15, 0.2) is 42.5 Å². The second-order valence-corrected chi connectivity index (χ2v) is 4.56. The average Bonchev–Trinajstić information content (AvgIpc) is 2.47. The van der Waals surface area contributed by atoms with Gasteiger partial charge in [-0.25, -0.2) is 4.39 Å². The Morgan fingerprint density at radius 3 is 2.52 bits per heavy atom. The van der Waals surface area contributed by atoms with Crippen molar-refractivity contribution in [1.29, 1.82) is 0 Å². The van der Waals surface area contributed by atoms with Crippen molar-refractivity contribution < 1.29 is 13.9 Å². The number of methoxy groups -OCH3 is 2. The van der Waals surface area contributed by atoms with Gasteiger partial charge in [0, 0.05) is 11.8 Å². The van der Waals surface area contributed by atoms with Crippen LogP contribution < -0.4 is 20.1 Å². The Labute approximate surface area is 127 Å². The fourth-order valence-corrected chi connectivity index (χ4v) is 1.99. The van der Waals surface area contributed by atoms with E-state index in [9.17, 15) is 4.39 Å².